The normalized spacial score (nSPS) is 17.1. The van der Waals surface area contributed by atoms with Gasteiger partial charge in [0.05, 0.1) is 27.6 Å². The van der Waals surface area contributed by atoms with Gasteiger partial charge < -0.3 is 24.7 Å². The van der Waals surface area contributed by atoms with Gasteiger partial charge in [0, 0.05) is 49.6 Å². The molecule has 2 saturated heterocycles. The van der Waals surface area contributed by atoms with Gasteiger partial charge in [-0.05, 0) is 128 Å². The van der Waals surface area contributed by atoms with E-state index in [0.717, 1.165) is 54.8 Å². The summed E-state index contributed by atoms with van der Waals surface area (Å²) in [6, 6.07) is 30.1. The molecule has 9 rings (SSSR count). The number of nitro groups is 1. The predicted molar refractivity (Wildman–Crippen MR) is 229 cm³/mol. The molecule has 3 aliphatic rings. The summed E-state index contributed by atoms with van der Waals surface area (Å²) in [7, 11) is -4.55. The molecule has 60 heavy (non-hydrogen) atoms. The van der Waals surface area contributed by atoms with E-state index in [2.05, 4.69) is 73.4 Å². The van der Waals surface area contributed by atoms with E-state index in [-0.39, 0.29) is 22.9 Å². The third kappa shape index (κ3) is 8.56. The van der Waals surface area contributed by atoms with Crippen LogP contribution in [0.2, 0.25) is 0 Å². The number of aromatic nitrogens is 2. The van der Waals surface area contributed by atoms with Crippen molar-refractivity contribution in [3.05, 3.63) is 147 Å². The number of carbonyl (C=O) groups excluding carboxylic acids is 1. The molecule has 13 nitrogen and oxygen atoms in total. The zero-order chi connectivity index (χ0) is 41.2. The second-order valence-corrected chi connectivity index (χ2v) is 17.6. The number of nitrogens with zero attached hydrogens (tertiary/aromatic N) is 3. The Kier molecular flexibility index (Phi) is 11.0. The Bertz CT molecular complexity index is 2660. The molecule has 14 heteroatoms. The fourth-order valence-electron chi connectivity index (χ4n) is 8.49. The highest BCUT2D eigenvalue weighted by atomic mass is 32.2. The fraction of sp³-hybridized carbons (Fsp3) is 0.304. The molecule has 6 aromatic rings. The molecule has 0 radical (unpaired) electrons. The van der Waals surface area contributed by atoms with Crippen molar-refractivity contribution in [2.45, 2.75) is 61.8 Å². The van der Waals surface area contributed by atoms with Gasteiger partial charge in [-0.3, -0.25) is 14.9 Å². The summed E-state index contributed by atoms with van der Waals surface area (Å²) in [4.78, 5) is 34.8. The van der Waals surface area contributed by atoms with E-state index in [4.69, 9.17) is 9.47 Å². The van der Waals surface area contributed by atoms with E-state index in [1.165, 1.54) is 54.1 Å². The molecule has 2 aromatic heterocycles. The van der Waals surface area contributed by atoms with Crippen LogP contribution in [0.15, 0.2) is 114 Å². The number of nitro benzene ring substituents is 1. The second kappa shape index (κ2) is 16.8. The Hall–Kier alpha value is -6.25. The maximum Gasteiger partial charge on any atom is 0.293 e. The zero-order valence-electron chi connectivity index (χ0n) is 33.0. The van der Waals surface area contributed by atoms with Crippen LogP contribution in [-0.4, -0.2) is 55.5 Å². The van der Waals surface area contributed by atoms with Crippen molar-refractivity contribution in [2.75, 3.05) is 36.5 Å². The largest absolute Gasteiger partial charge is 0.455 e. The van der Waals surface area contributed by atoms with Crippen molar-refractivity contribution in [1.82, 2.24) is 14.7 Å². The van der Waals surface area contributed by atoms with Crippen molar-refractivity contribution in [2.24, 2.45) is 5.92 Å². The summed E-state index contributed by atoms with van der Waals surface area (Å²) in [5.74, 6) is 0.485. The summed E-state index contributed by atoms with van der Waals surface area (Å²) in [6.45, 7) is 2.74. The van der Waals surface area contributed by atoms with Crippen molar-refractivity contribution in [1.29, 1.82) is 0 Å². The van der Waals surface area contributed by atoms with E-state index in [1.54, 1.807) is 24.4 Å². The fourth-order valence-corrected chi connectivity index (χ4v) is 9.48. The molecule has 0 bridgehead atoms. The molecule has 1 atom stereocenters. The Morgan fingerprint density at radius 3 is 2.48 bits per heavy atom. The average Bonchev–Trinajstić information content (AvgIpc) is 3.80. The number of hydrogen-bond donors (Lipinski definition) is 3. The van der Waals surface area contributed by atoms with Crippen molar-refractivity contribution >= 4 is 44.0 Å². The molecule has 0 spiro atoms. The van der Waals surface area contributed by atoms with E-state index in [0.29, 0.717) is 49.5 Å². The number of amides is 1. The van der Waals surface area contributed by atoms with Crippen LogP contribution in [0, 0.1) is 16.0 Å². The minimum Gasteiger partial charge on any atom is -0.455 e. The number of carbonyl (C=O) groups is 1. The summed E-state index contributed by atoms with van der Waals surface area (Å²) in [5.41, 5.74) is 6.43. The lowest BCUT2D eigenvalue weighted by Crippen LogP contribution is -2.31. The van der Waals surface area contributed by atoms with Gasteiger partial charge in [-0.15, -0.1) is 0 Å². The van der Waals surface area contributed by atoms with Crippen LogP contribution < -0.4 is 19.7 Å². The quantitative estimate of drug-likeness (QED) is 0.0712. The predicted octanol–water partition coefficient (Wildman–Crippen LogP) is 9.03. The minimum absolute atomic E-state index is 0.0392. The summed E-state index contributed by atoms with van der Waals surface area (Å²) >= 11 is 0. The van der Waals surface area contributed by atoms with Gasteiger partial charge >= 0.3 is 0 Å². The number of rotatable bonds is 14. The third-order valence-electron chi connectivity index (χ3n) is 11.8. The van der Waals surface area contributed by atoms with Gasteiger partial charge in [-0.1, -0.05) is 42.5 Å². The minimum atomic E-state index is -4.55. The Labute approximate surface area is 348 Å². The SMILES string of the molecule is O=C(NS(=O)(=O)c1ccc(NCC2CCOCC2)c([N+](=O)[O-])c1)c1ccc(Cc2ccc(N3CCC[C@@H]3c3ccccc3C3CC3)cc2)cc1Oc1cnc2[nH]ccc2c1. The van der Waals surface area contributed by atoms with Gasteiger partial charge in [-0.2, -0.15) is 0 Å². The van der Waals surface area contributed by atoms with Crippen LogP contribution in [-0.2, 0) is 21.2 Å². The first kappa shape index (κ1) is 39.2. The monoisotopic (exact) mass is 826 g/mol. The van der Waals surface area contributed by atoms with Gasteiger partial charge in [0.15, 0.2) is 0 Å². The van der Waals surface area contributed by atoms with E-state index in [1.807, 2.05) is 6.07 Å². The zero-order valence-corrected chi connectivity index (χ0v) is 33.8. The number of H-pyrrole nitrogens is 1. The average molecular weight is 827 g/mol. The van der Waals surface area contributed by atoms with E-state index < -0.39 is 31.4 Å². The molecule has 4 aromatic carbocycles. The number of aromatic amines is 1. The van der Waals surface area contributed by atoms with Crippen LogP contribution in [0.5, 0.6) is 11.5 Å². The first-order valence-corrected chi connectivity index (χ1v) is 22.0. The maximum atomic E-state index is 13.9. The molecule has 308 valence electrons. The summed E-state index contributed by atoms with van der Waals surface area (Å²) < 4.78 is 41.0. The van der Waals surface area contributed by atoms with Crippen LogP contribution >= 0.6 is 0 Å². The molecule has 1 amide bonds. The van der Waals surface area contributed by atoms with Gasteiger partial charge in [0.25, 0.3) is 21.6 Å². The number of ether oxygens (including phenoxy) is 2. The van der Waals surface area contributed by atoms with E-state index in [9.17, 15) is 23.3 Å². The Morgan fingerprint density at radius 1 is 0.917 bits per heavy atom. The number of benzene rings is 4. The van der Waals surface area contributed by atoms with Crippen LogP contribution in [0.25, 0.3) is 11.0 Å². The molecule has 0 unspecified atom stereocenters. The highest BCUT2D eigenvalue weighted by Crippen LogP contribution is 2.46. The lowest BCUT2D eigenvalue weighted by molar-refractivity contribution is -0.384. The molecule has 4 heterocycles. The summed E-state index contributed by atoms with van der Waals surface area (Å²) in [5, 5.41) is 15.9. The molecular formula is C46H46N6O7S. The lowest BCUT2D eigenvalue weighted by Gasteiger charge is -2.29. The number of fused-ring (bicyclic) bond motifs is 1. The first-order valence-electron chi connectivity index (χ1n) is 20.5. The van der Waals surface area contributed by atoms with Crippen molar-refractivity contribution in [3.63, 3.8) is 0 Å². The second-order valence-electron chi connectivity index (χ2n) is 15.9. The summed E-state index contributed by atoms with van der Waals surface area (Å²) in [6.07, 6.45) is 10.3. The van der Waals surface area contributed by atoms with Gasteiger partial charge in [-0.25, -0.2) is 18.1 Å². The molecular weight excluding hydrogens is 781 g/mol. The standard InChI is InChI=1S/C46H46N6O7S/c53-46(50-60(56,57)37-14-16-41(43(27-37)52(54)55)48-28-31-18-22-58-23-19-31)40-15-9-32(25-44(40)59-36-26-34-17-20-47-45(34)49-29-36)24-30-7-12-35(13-8-30)51-21-3-6-42(51)39-5-2-1-4-38(39)33-10-11-33/h1-2,4-5,7-9,12-17,20,25-27,29,31,33,42,48H,3,6,10-11,18-19,21-24,28H2,(H,47,49)(H,50,53)/t42-/m1/s1. The Balaban J connectivity index is 0.947. The number of anilines is 2. The lowest BCUT2D eigenvalue weighted by atomic mass is 9.95. The highest BCUT2D eigenvalue weighted by Gasteiger charge is 2.33. The molecule has 1 aliphatic carbocycles. The third-order valence-corrected chi connectivity index (χ3v) is 13.1. The number of hydrogen-bond acceptors (Lipinski definition) is 10. The molecule has 3 N–H and O–H groups in total. The van der Waals surface area contributed by atoms with E-state index >= 15 is 0 Å². The topological polar surface area (TPSA) is 169 Å². The Morgan fingerprint density at radius 2 is 1.70 bits per heavy atom. The van der Waals surface area contributed by atoms with Crippen LogP contribution in [0.3, 0.4) is 0 Å². The number of pyridine rings is 1. The van der Waals surface area contributed by atoms with Crippen LogP contribution in [0.4, 0.5) is 17.1 Å². The van der Waals surface area contributed by atoms with Gasteiger partial charge in [0.1, 0.15) is 22.8 Å². The number of sulfonamides is 1. The maximum absolute atomic E-state index is 13.9. The van der Waals surface area contributed by atoms with Crippen molar-refractivity contribution < 1.29 is 27.6 Å². The first-order chi connectivity index (χ1) is 29.2. The smallest absolute Gasteiger partial charge is 0.293 e. The molecule has 2 aliphatic heterocycles. The van der Waals surface area contributed by atoms with Crippen LogP contribution in [0.1, 0.15) is 83.1 Å². The number of nitrogens with one attached hydrogen (secondary N) is 3. The molecule has 3 fully saturated rings. The molecule has 1 saturated carbocycles. The highest BCUT2D eigenvalue weighted by molar-refractivity contribution is 7.90. The van der Waals surface area contributed by atoms with Gasteiger partial charge in [0.2, 0.25) is 0 Å². The van der Waals surface area contributed by atoms with Crippen molar-refractivity contribution in [3.8, 4) is 11.5 Å².